The van der Waals surface area contributed by atoms with Crippen molar-refractivity contribution in [3.8, 4) is 0 Å². The molecule has 1 saturated carbocycles. The van der Waals surface area contributed by atoms with Gasteiger partial charge in [-0.25, -0.2) is 0 Å². The molecule has 3 heterocycles. The van der Waals surface area contributed by atoms with E-state index in [4.69, 9.17) is 0 Å². The predicted octanol–water partition coefficient (Wildman–Crippen LogP) is 3.48. The monoisotopic (exact) mass is 656 g/mol. The third-order valence-corrected chi connectivity index (χ3v) is 10.7. The normalized spacial score (nSPS) is 21.5. The van der Waals surface area contributed by atoms with Crippen LogP contribution in [0.15, 0.2) is 42.5 Å². The van der Waals surface area contributed by atoms with E-state index in [-0.39, 0.29) is 30.2 Å². The van der Waals surface area contributed by atoms with Crippen molar-refractivity contribution >= 4 is 41.3 Å². The van der Waals surface area contributed by atoms with Crippen molar-refractivity contribution < 1.29 is 24.0 Å². The van der Waals surface area contributed by atoms with Crippen molar-refractivity contribution in [1.29, 1.82) is 0 Å². The van der Waals surface area contributed by atoms with E-state index >= 15 is 0 Å². The molecule has 6 rings (SSSR count). The SMILES string of the molecule is CN(C(=O)c1ccc(N2CCN(CC3CCN(c4ccc(C(=O)NC5CCCCC5)cc4)CC3)CC2)cc1C=O)C1CCC(=O)NC1=O. The lowest BCUT2D eigenvalue weighted by molar-refractivity contribution is -0.136. The summed E-state index contributed by atoms with van der Waals surface area (Å²) in [6.07, 6.45) is 9.26. The highest BCUT2D eigenvalue weighted by Gasteiger charge is 2.33. The topological polar surface area (TPSA) is 122 Å². The number of nitrogens with zero attached hydrogens (tertiary/aromatic N) is 4. The van der Waals surface area contributed by atoms with Gasteiger partial charge in [0.1, 0.15) is 6.04 Å². The Morgan fingerprint density at radius 2 is 1.52 bits per heavy atom. The maximum Gasteiger partial charge on any atom is 0.255 e. The molecular formula is C37H48N6O5. The van der Waals surface area contributed by atoms with Crippen LogP contribution in [0.2, 0.25) is 0 Å². The molecule has 1 unspecified atom stereocenters. The first-order valence-electron chi connectivity index (χ1n) is 17.6. The van der Waals surface area contributed by atoms with Crippen LogP contribution < -0.4 is 20.4 Å². The fourth-order valence-electron chi connectivity index (χ4n) is 7.69. The first-order valence-corrected chi connectivity index (χ1v) is 17.6. The number of imide groups is 1. The van der Waals surface area contributed by atoms with Crippen molar-refractivity contribution in [2.24, 2.45) is 5.92 Å². The summed E-state index contributed by atoms with van der Waals surface area (Å²) in [5, 5.41) is 5.50. The van der Waals surface area contributed by atoms with Crippen LogP contribution in [-0.4, -0.2) is 105 Å². The van der Waals surface area contributed by atoms with Gasteiger partial charge in [-0.15, -0.1) is 0 Å². The van der Waals surface area contributed by atoms with E-state index in [1.807, 2.05) is 18.2 Å². The first-order chi connectivity index (χ1) is 23.3. The molecule has 3 saturated heterocycles. The van der Waals surface area contributed by atoms with Gasteiger partial charge in [-0.2, -0.15) is 0 Å². The average Bonchev–Trinajstić information content (AvgIpc) is 3.12. The number of amides is 4. The van der Waals surface area contributed by atoms with Crippen molar-refractivity contribution in [1.82, 2.24) is 20.4 Å². The zero-order chi connectivity index (χ0) is 33.6. The van der Waals surface area contributed by atoms with Crippen LogP contribution in [-0.2, 0) is 9.59 Å². The summed E-state index contributed by atoms with van der Waals surface area (Å²) in [6, 6.07) is 13.0. The Morgan fingerprint density at radius 1 is 0.854 bits per heavy atom. The molecule has 11 nitrogen and oxygen atoms in total. The Balaban J connectivity index is 0.951. The van der Waals surface area contributed by atoms with Crippen LogP contribution in [0.3, 0.4) is 0 Å². The van der Waals surface area contributed by atoms with Crippen molar-refractivity contribution in [3.05, 3.63) is 59.2 Å². The second-order valence-electron chi connectivity index (χ2n) is 13.8. The fraction of sp³-hybridized carbons (Fsp3) is 0.541. The molecule has 11 heteroatoms. The van der Waals surface area contributed by atoms with Gasteiger partial charge < -0.3 is 20.0 Å². The van der Waals surface area contributed by atoms with Crippen LogP contribution in [0.25, 0.3) is 0 Å². The summed E-state index contributed by atoms with van der Waals surface area (Å²) >= 11 is 0. The standard InChI is InChI=1S/C37H48N6O5/c1-40(33-13-14-34(45)39-36(33)47)37(48)32-12-11-31(23-28(32)25-44)43-21-19-41(20-22-43)24-26-15-17-42(18-16-26)30-9-7-27(8-10-30)35(46)38-29-5-3-2-4-6-29/h7-12,23,25-26,29,33H,2-6,13-22,24H2,1H3,(H,38,46)(H,39,45,47). The van der Waals surface area contributed by atoms with Gasteiger partial charge in [0.05, 0.1) is 5.56 Å². The molecule has 2 aromatic rings. The van der Waals surface area contributed by atoms with E-state index in [2.05, 4.69) is 37.5 Å². The molecule has 1 aliphatic carbocycles. The molecule has 0 bridgehead atoms. The van der Waals surface area contributed by atoms with Crippen molar-refractivity contribution in [2.75, 3.05) is 62.7 Å². The molecule has 0 radical (unpaired) electrons. The van der Waals surface area contributed by atoms with Crippen LogP contribution >= 0.6 is 0 Å². The molecule has 256 valence electrons. The van der Waals surface area contributed by atoms with Gasteiger partial charge in [0.25, 0.3) is 11.8 Å². The lowest BCUT2D eigenvalue weighted by Crippen LogP contribution is -2.53. The highest BCUT2D eigenvalue weighted by Crippen LogP contribution is 2.27. The number of carbonyl (C=O) groups is 5. The van der Waals surface area contributed by atoms with E-state index in [1.54, 1.807) is 12.1 Å². The number of benzene rings is 2. The molecule has 2 aromatic carbocycles. The van der Waals surface area contributed by atoms with Gasteiger partial charge in [-0.1, -0.05) is 19.3 Å². The molecule has 4 aliphatic rings. The summed E-state index contributed by atoms with van der Waals surface area (Å²) in [6.45, 7) is 6.62. The minimum absolute atomic E-state index is 0.0402. The summed E-state index contributed by atoms with van der Waals surface area (Å²) < 4.78 is 0. The quantitative estimate of drug-likeness (QED) is 0.311. The van der Waals surface area contributed by atoms with E-state index in [0.717, 1.165) is 82.7 Å². The number of aldehydes is 1. The van der Waals surface area contributed by atoms with Crippen LogP contribution in [0.4, 0.5) is 11.4 Å². The Bertz CT molecular complexity index is 1490. The van der Waals surface area contributed by atoms with E-state index in [0.29, 0.717) is 23.8 Å². The second-order valence-corrected chi connectivity index (χ2v) is 13.8. The van der Waals surface area contributed by atoms with Gasteiger partial charge in [0.2, 0.25) is 11.8 Å². The minimum atomic E-state index is -0.744. The lowest BCUT2D eigenvalue weighted by atomic mass is 9.95. The van der Waals surface area contributed by atoms with E-state index in [9.17, 15) is 24.0 Å². The van der Waals surface area contributed by atoms with Gasteiger partial charge in [0.15, 0.2) is 6.29 Å². The molecule has 3 aliphatic heterocycles. The molecule has 1 atom stereocenters. The number of hydrogen-bond donors (Lipinski definition) is 2. The highest BCUT2D eigenvalue weighted by molar-refractivity contribution is 6.06. The molecule has 0 aromatic heterocycles. The number of hydrogen-bond acceptors (Lipinski definition) is 8. The summed E-state index contributed by atoms with van der Waals surface area (Å²) in [5.41, 5.74) is 3.37. The Hall–Kier alpha value is -4.25. The lowest BCUT2D eigenvalue weighted by Gasteiger charge is -2.40. The van der Waals surface area contributed by atoms with Gasteiger partial charge >= 0.3 is 0 Å². The van der Waals surface area contributed by atoms with E-state index < -0.39 is 17.9 Å². The summed E-state index contributed by atoms with van der Waals surface area (Å²) in [4.78, 5) is 70.3. The molecule has 4 amide bonds. The summed E-state index contributed by atoms with van der Waals surface area (Å²) in [7, 11) is 1.53. The van der Waals surface area contributed by atoms with Gasteiger partial charge in [0, 0.05) is 87.8 Å². The second kappa shape index (κ2) is 15.3. The van der Waals surface area contributed by atoms with Gasteiger partial charge in [-0.3, -0.25) is 34.2 Å². The minimum Gasteiger partial charge on any atom is -0.372 e. The number of rotatable bonds is 9. The molecule has 48 heavy (non-hydrogen) atoms. The average molecular weight is 657 g/mol. The van der Waals surface area contributed by atoms with Crippen LogP contribution in [0.5, 0.6) is 0 Å². The largest absolute Gasteiger partial charge is 0.372 e. The number of piperidine rings is 2. The fourth-order valence-corrected chi connectivity index (χ4v) is 7.69. The zero-order valence-corrected chi connectivity index (χ0v) is 28.0. The number of anilines is 2. The van der Waals surface area contributed by atoms with Crippen molar-refractivity contribution in [2.45, 2.75) is 69.9 Å². The molecular weight excluding hydrogens is 608 g/mol. The third-order valence-electron chi connectivity index (χ3n) is 10.7. The zero-order valence-electron chi connectivity index (χ0n) is 28.0. The summed E-state index contributed by atoms with van der Waals surface area (Å²) in [5.74, 6) is -0.560. The molecule has 4 fully saturated rings. The number of likely N-dealkylation sites (N-methyl/N-ethyl adjacent to an activating group) is 1. The number of piperazine rings is 1. The number of nitrogens with one attached hydrogen (secondary N) is 2. The maximum atomic E-state index is 13.2. The van der Waals surface area contributed by atoms with Crippen molar-refractivity contribution in [3.63, 3.8) is 0 Å². The Morgan fingerprint density at radius 3 is 2.19 bits per heavy atom. The highest BCUT2D eigenvalue weighted by atomic mass is 16.2. The first kappa shape index (κ1) is 33.6. The number of carbonyl (C=O) groups excluding carboxylic acids is 5. The Labute approximate surface area is 283 Å². The molecule has 0 spiro atoms. The third kappa shape index (κ3) is 7.89. The maximum absolute atomic E-state index is 13.2. The van der Waals surface area contributed by atoms with Crippen LogP contribution in [0.1, 0.15) is 88.9 Å². The van der Waals surface area contributed by atoms with Gasteiger partial charge in [-0.05, 0) is 80.5 Å². The smallest absolute Gasteiger partial charge is 0.255 e. The Kier molecular flexibility index (Phi) is 10.7. The van der Waals surface area contributed by atoms with Crippen LogP contribution in [0, 0.1) is 5.92 Å². The van der Waals surface area contributed by atoms with E-state index in [1.165, 1.54) is 36.9 Å². The predicted molar refractivity (Wildman–Crippen MR) is 184 cm³/mol. The molecule has 2 N–H and O–H groups in total.